The molecule has 0 aliphatic carbocycles. The van der Waals surface area contributed by atoms with Gasteiger partial charge in [-0.1, -0.05) is 23.9 Å². The first-order valence-electron chi connectivity index (χ1n) is 4.82. The maximum absolute atomic E-state index is 5.66. The lowest BCUT2D eigenvalue weighted by molar-refractivity contribution is 0.652. The van der Waals surface area contributed by atoms with Gasteiger partial charge >= 0.3 is 0 Å². The van der Waals surface area contributed by atoms with Crippen molar-refractivity contribution in [2.45, 2.75) is 13.0 Å². The van der Waals surface area contributed by atoms with Gasteiger partial charge in [-0.2, -0.15) is 0 Å². The number of benzene rings is 1. The number of halogens is 2. The van der Waals surface area contributed by atoms with E-state index in [1.165, 1.54) is 17.3 Å². The summed E-state index contributed by atoms with van der Waals surface area (Å²) < 4.78 is 0. The standard InChI is InChI=1S/C11H17N3S.2ClH/c1-8(13-2)9-5-4-6-10(7-9)14-11(12)15-3;;/h4-8,13H,1-3H3,(H2,12,14);2*1H. The van der Waals surface area contributed by atoms with Gasteiger partial charge < -0.3 is 11.1 Å². The Bertz CT molecular complexity index is 358. The second-order valence-electron chi connectivity index (χ2n) is 3.26. The molecule has 0 aromatic heterocycles. The largest absolute Gasteiger partial charge is 0.378 e. The second-order valence-corrected chi connectivity index (χ2v) is 4.09. The third-order valence-electron chi connectivity index (χ3n) is 2.25. The monoisotopic (exact) mass is 295 g/mol. The van der Waals surface area contributed by atoms with Crippen molar-refractivity contribution in [2.75, 3.05) is 13.3 Å². The van der Waals surface area contributed by atoms with Gasteiger partial charge in [-0.3, -0.25) is 0 Å². The van der Waals surface area contributed by atoms with E-state index in [1.807, 2.05) is 31.5 Å². The van der Waals surface area contributed by atoms with Gasteiger partial charge in [-0.05, 0) is 37.9 Å². The number of nitrogens with one attached hydrogen (secondary N) is 1. The van der Waals surface area contributed by atoms with Gasteiger partial charge in [0.25, 0.3) is 0 Å². The Hall–Kier alpha value is -0.420. The number of rotatable bonds is 3. The van der Waals surface area contributed by atoms with Crippen LogP contribution in [0, 0.1) is 0 Å². The molecule has 0 saturated heterocycles. The summed E-state index contributed by atoms with van der Waals surface area (Å²) in [5, 5.41) is 3.78. The van der Waals surface area contributed by atoms with Crippen LogP contribution in [0.3, 0.4) is 0 Å². The molecule has 0 spiro atoms. The van der Waals surface area contributed by atoms with E-state index in [9.17, 15) is 0 Å². The van der Waals surface area contributed by atoms with Gasteiger partial charge in [0.05, 0.1) is 5.69 Å². The lowest BCUT2D eigenvalue weighted by atomic mass is 10.1. The fourth-order valence-corrected chi connectivity index (χ4v) is 1.40. The van der Waals surface area contributed by atoms with Crippen LogP contribution in [0.4, 0.5) is 5.69 Å². The number of thioether (sulfide) groups is 1. The zero-order chi connectivity index (χ0) is 11.3. The molecule has 0 amide bonds. The minimum atomic E-state index is 0. The Morgan fingerprint density at radius 3 is 2.59 bits per heavy atom. The van der Waals surface area contributed by atoms with Gasteiger partial charge in [0, 0.05) is 6.04 Å². The highest BCUT2D eigenvalue weighted by Crippen LogP contribution is 2.19. The molecule has 0 radical (unpaired) electrons. The summed E-state index contributed by atoms with van der Waals surface area (Å²) in [5.74, 6) is 0. The maximum atomic E-state index is 5.66. The first kappa shape index (κ1) is 18.9. The average molecular weight is 296 g/mol. The molecule has 1 aromatic carbocycles. The van der Waals surface area contributed by atoms with Crippen LogP contribution >= 0.6 is 36.6 Å². The van der Waals surface area contributed by atoms with Crippen molar-refractivity contribution in [1.82, 2.24) is 5.32 Å². The molecular weight excluding hydrogens is 277 g/mol. The number of aliphatic imine (C=N–C) groups is 1. The van der Waals surface area contributed by atoms with Crippen LogP contribution in [0.2, 0.25) is 0 Å². The third-order valence-corrected chi connectivity index (χ3v) is 2.76. The Balaban J connectivity index is 0. The molecule has 0 aliphatic heterocycles. The fraction of sp³-hybridized carbons (Fsp3) is 0.364. The van der Waals surface area contributed by atoms with Gasteiger partial charge in [-0.25, -0.2) is 4.99 Å². The Kier molecular flexibility index (Phi) is 10.7. The van der Waals surface area contributed by atoms with E-state index < -0.39 is 0 Å². The first-order chi connectivity index (χ1) is 7.17. The third kappa shape index (κ3) is 6.17. The fourth-order valence-electron chi connectivity index (χ4n) is 1.20. The van der Waals surface area contributed by atoms with Crippen molar-refractivity contribution in [3.05, 3.63) is 29.8 Å². The molecule has 6 heteroatoms. The average Bonchev–Trinajstić information content (AvgIpc) is 2.28. The molecule has 3 nitrogen and oxygen atoms in total. The molecule has 1 unspecified atom stereocenters. The Morgan fingerprint density at radius 2 is 2.06 bits per heavy atom. The zero-order valence-corrected chi connectivity index (χ0v) is 12.6. The molecular formula is C11H19Cl2N3S. The zero-order valence-electron chi connectivity index (χ0n) is 10.1. The number of nitrogens with zero attached hydrogens (tertiary/aromatic N) is 1. The Labute approximate surface area is 119 Å². The van der Waals surface area contributed by atoms with Crippen LogP contribution in [0.1, 0.15) is 18.5 Å². The maximum Gasteiger partial charge on any atom is 0.158 e. The highest BCUT2D eigenvalue weighted by atomic mass is 35.5. The number of hydrogen-bond donors (Lipinski definition) is 2. The predicted octanol–water partition coefficient (Wildman–Crippen LogP) is 3.12. The van der Waals surface area contributed by atoms with Crippen molar-refractivity contribution in [3.8, 4) is 0 Å². The van der Waals surface area contributed by atoms with Gasteiger partial charge in [0.15, 0.2) is 5.17 Å². The molecule has 3 N–H and O–H groups in total. The van der Waals surface area contributed by atoms with E-state index in [1.54, 1.807) is 0 Å². The summed E-state index contributed by atoms with van der Waals surface area (Å²) >= 11 is 1.45. The molecule has 98 valence electrons. The van der Waals surface area contributed by atoms with E-state index in [2.05, 4.69) is 23.3 Å². The number of amidine groups is 1. The van der Waals surface area contributed by atoms with Gasteiger partial charge in [0.1, 0.15) is 0 Å². The molecule has 0 heterocycles. The quantitative estimate of drug-likeness (QED) is 0.665. The van der Waals surface area contributed by atoms with Crippen molar-refractivity contribution in [1.29, 1.82) is 0 Å². The van der Waals surface area contributed by atoms with Crippen LogP contribution in [-0.2, 0) is 0 Å². The molecule has 0 bridgehead atoms. The summed E-state index contributed by atoms with van der Waals surface area (Å²) in [4.78, 5) is 4.28. The predicted molar refractivity (Wildman–Crippen MR) is 83.2 cm³/mol. The SMILES string of the molecule is CNC(C)c1cccc(N=C(N)SC)c1.Cl.Cl. The molecule has 0 saturated carbocycles. The van der Waals surface area contributed by atoms with Crippen LogP contribution < -0.4 is 11.1 Å². The van der Waals surface area contributed by atoms with Crippen LogP contribution in [0.25, 0.3) is 0 Å². The number of hydrogen-bond acceptors (Lipinski definition) is 3. The van der Waals surface area contributed by atoms with E-state index >= 15 is 0 Å². The minimum Gasteiger partial charge on any atom is -0.378 e. The topological polar surface area (TPSA) is 50.4 Å². The second kappa shape index (κ2) is 9.59. The lowest BCUT2D eigenvalue weighted by Gasteiger charge is -2.10. The molecule has 1 atom stereocenters. The van der Waals surface area contributed by atoms with E-state index in [4.69, 9.17) is 5.73 Å². The molecule has 17 heavy (non-hydrogen) atoms. The smallest absolute Gasteiger partial charge is 0.158 e. The highest BCUT2D eigenvalue weighted by Gasteiger charge is 2.02. The first-order valence-corrected chi connectivity index (χ1v) is 6.05. The van der Waals surface area contributed by atoms with Crippen molar-refractivity contribution >= 4 is 47.4 Å². The van der Waals surface area contributed by atoms with Crippen molar-refractivity contribution in [3.63, 3.8) is 0 Å². The van der Waals surface area contributed by atoms with Crippen LogP contribution in [0.5, 0.6) is 0 Å². The normalized spacial score (nSPS) is 12.3. The minimum absolute atomic E-state index is 0. The summed E-state index contributed by atoms with van der Waals surface area (Å²) in [6.07, 6.45) is 1.92. The van der Waals surface area contributed by atoms with E-state index in [0.717, 1.165) is 5.69 Å². The van der Waals surface area contributed by atoms with Gasteiger partial charge in [-0.15, -0.1) is 24.8 Å². The Morgan fingerprint density at radius 1 is 1.41 bits per heavy atom. The molecule has 0 fully saturated rings. The van der Waals surface area contributed by atoms with Crippen molar-refractivity contribution < 1.29 is 0 Å². The van der Waals surface area contributed by atoms with Crippen LogP contribution in [-0.4, -0.2) is 18.5 Å². The van der Waals surface area contributed by atoms with E-state index in [0.29, 0.717) is 11.2 Å². The molecule has 0 aliphatic rings. The number of nitrogens with two attached hydrogens (primary N) is 1. The van der Waals surface area contributed by atoms with Crippen LogP contribution in [0.15, 0.2) is 29.3 Å². The summed E-state index contributed by atoms with van der Waals surface area (Å²) in [5.41, 5.74) is 7.78. The molecule has 1 rings (SSSR count). The van der Waals surface area contributed by atoms with Gasteiger partial charge in [0.2, 0.25) is 0 Å². The lowest BCUT2D eigenvalue weighted by Crippen LogP contribution is -2.12. The summed E-state index contributed by atoms with van der Waals surface area (Å²) in [7, 11) is 1.94. The van der Waals surface area contributed by atoms with Crippen molar-refractivity contribution in [2.24, 2.45) is 10.7 Å². The summed E-state index contributed by atoms with van der Waals surface area (Å²) in [6.45, 7) is 2.11. The summed E-state index contributed by atoms with van der Waals surface area (Å²) in [6, 6.07) is 8.40. The van der Waals surface area contributed by atoms with E-state index in [-0.39, 0.29) is 24.8 Å². The highest BCUT2D eigenvalue weighted by molar-refractivity contribution is 8.13. The molecule has 1 aromatic rings.